The van der Waals surface area contributed by atoms with E-state index < -0.39 is 5.82 Å². The molecular weight excluding hydrogens is 461 g/mol. The Bertz CT molecular complexity index is 1600. The summed E-state index contributed by atoms with van der Waals surface area (Å²) >= 11 is 6.32. The Morgan fingerprint density at radius 1 is 0.971 bits per heavy atom. The number of benzene rings is 3. The van der Waals surface area contributed by atoms with Crippen LogP contribution < -0.4 is 15.0 Å². The standard InChI is InChI=1S/C24H17ClFN5O3/c1-33-19-10-7-13(11-17(19)25)22-27-23(21-15-5-3-4-6-16(15)24(32)29-28-21)31(30-22)18-9-8-14(26)12-20(18)34-2/h3-12H,1-2H3,(H,29,32). The van der Waals surface area contributed by atoms with Crippen molar-refractivity contribution >= 4 is 22.4 Å². The summed E-state index contributed by atoms with van der Waals surface area (Å²) in [4.78, 5) is 17.1. The van der Waals surface area contributed by atoms with Crippen molar-refractivity contribution < 1.29 is 13.9 Å². The summed E-state index contributed by atoms with van der Waals surface area (Å²) in [5.41, 5.74) is 1.13. The van der Waals surface area contributed by atoms with Crippen molar-refractivity contribution in [1.29, 1.82) is 0 Å². The number of nitrogens with one attached hydrogen (secondary N) is 1. The number of halogens is 2. The highest BCUT2D eigenvalue weighted by molar-refractivity contribution is 6.32. The van der Waals surface area contributed by atoms with Crippen LogP contribution in [0.2, 0.25) is 5.02 Å². The number of methoxy groups -OCH3 is 2. The molecule has 0 fully saturated rings. The smallest absolute Gasteiger partial charge is 0.272 e. The van der Waals surface area contributed by atoms with E-state index in [1.165, 1.54) is 37.1 Å². The molecule has 34 heavy (non-hydrogen) atoms. The van der Waals surface area contributed by atoms with Crippen LogP contribution in [0.4, 0.5) is 4.39 Å². The van der Waals surface area contributed by atoms with E-state index in [1.54, 1.807) is 42.5 Å². The average Bonchev–Trinajstić information content (AvgIpc) is 3.29. The number of H-pyrrole nitrogens is 1. The first-order valence-electron chi connectivity index (χ1n) is 10.1. The van der Waals surface area contributed by atoms with Gasteiger partial charge < -0.3 is 9.47 Å². The molecule has 0 atom stereocenters. The van der Waals surface area contributed by atoms with Crippen molar-refractivity contribution in [2.75, 3.05) is 14.2 Å². The molecule has 0 spiro atoms. The number of nitrogens with zero attached hydrogens (tertiary/aromatic N) is 4. The topological polar surface area (TPSA) is 94.9 Å². The normalized spacial score (nSPS) is 11.1. The van der Waals surface area contributed by atoms with E-state index in [-0.39, 0.29) is 11.3 Å². The van der Waals surface area contributed by atoms with Gasteiger partial charge >= 0.3 is 0 Å². The second-order valence-corrected chi connectivity index (χ2v) is 7.69. The lowest BCUT2D eigenvalue weighted by Crippen LogP contribution is -2.11. The van der Waals surface area contributed by atoms with Crippen LogP contribution in [-0.2, 0) is 0 Å². The Balaban J connectivity index is 1.80. The van der Waals surface area contributed by atoms with Gasteiger partial charge in [-0.1, -0.05) is 29.8 Å². The number of hydrogen-bond acceptors (Lipinski definition) is 6. The Kier molecular flexibility index (Phi) is 5.46. The van der Waals surface area contributed by atoms with Crippen LogP contribution in [0.3, 0.4) is 0 Å². The van der Waals surface area contributed by atoms with Crippen molar-refractivity contribution in [2.45, 2.75) is 0 Å². The fraction of sp³-hybridized carbons (Fsp3) is 0.0833. The second kappa shape index (κ2) is 8.60. The van der Waals surface area contributed by atoms with E-state index in [9.17, 15) is 9.18 Å². The molecule has 2 aromatic heterocycles. The summed E-state index contributed by atoms with van der Waals surface area (Å²) in [5.74, 6) is 0.956. The van der Waals surface area contributed by atoms with Crippen LogP contribution in [-0.4, -0.2) is 39.2 Å². The number of fused-ring (bicyclic) bond motifs is 1. The molecule has 0 aliphatic carbocycles. The number of hydrogen-bond donors (Lipinski definition) is 1. The largest absolute Gasteiger partial charge is 0.495 e. The Labute approximate surface area is 197 Å². The molecule has 5 rings (SSSR count). The predicted molar refractivity (Wildman–Crippen MR) is 126 cm³/mol. The maximum absolute atomic E-state index is 13.9. The third-order valence-corrected chi connectivity index (χ3v) is 5.59. The monoisotopic (exact) mass is 477 g/mol. The van der Waals surface area contributed by atoms with Gasteiger partial charge in [0.1, 0.15) is 28.7 Å². The molecule has 0 saturated heterocycles. The zero-order valence-corrected chi connectivity index (χ0v) is 18.8. The van der Waals surface area contributed by atoms with Gasteiger partial charge in [-0.2, -0.15) is 5.10 Å². The van der Waals surface area contributed by atoms with E-state index in [1.807, 2.05) is 0 Å². The first-order valence-corrected chi connectivity index (χ1v) is 10.5. The van der Waals surface area contributed by atoms with Crippen LogP contribution in [0.5, 0.6) is 11.5 Å². The second-order valence-electron chi connectivity index (χ2n) is 7.28. The van der Waals surface area contributed by atoms with Gasteiger partial charge in [-0.25, -0.2) is 19.2 Å². The van der Waals surface area contributed by atoms with Crippen LogP contribution in [0, 0.1) is 5.82 Å². The minimum absolute atomic E-state index is 0.249. The third kappa shape index (κ3) is 3.65. The third-order valence-electron chi connectivity index (χ3n) is 5.29. The average molecular weight is 478 g/mol. The van der Waals surface area contributed by atoms with Gasteiger partial charge in [-0.3, -0.25) is 4.79 Å². The minimum atomic E-state index is -0.461. The quantitative estimate of drug-likeness (QED) is 0.396. The van der Waals surface area contributed by atoms with Crippen molar-refractivity contribution in [3.8, 4) is 40.1 Å². The predicted octanol–water partition coefficient (Wildman–Crippen LogP) is 4.65. The molecule has 0 saturated carbocycles. The lowest BCUT2D eigenvalue weighted by atomic mass is 10.1. The maximum Gasteiger partial charge on any atom is 0.272 e. The van der Waals surface area contributed by atoms with Crippen molar-refractivity contribution in [3.63, 3.8) is 0 Å². The summed E-state index contributed by atoms with van der Waals surface area (Å²) in [7, 11) is 2.96. The molecule has 0 amide bonds. The van der Waals surface area contributed by atoms with Crippen molar-refractivity contribution in [3.05, 3.63) is 81.9 Å². The SMILES string of the molecule is COc1ccc(-c2nc(-c3n[nH]c(=O)c4ccccc34)n(-c3ccc(F)cc3OC)n2)cc1Cl. The lowest BCUT2D eigenvalue weighted by molar-refractivity contribution is 0.408. The van der Waals surface area contributed by atoms with Crippen molar-refractivity contribution in [1.82, 2.24) is 25.0 Å². The molecule has 0 radical (unpaired) electrons. The van der Waals surface area contributed by atoms with Crippen molar-refractivity contribution in [2.24, 2.45) is 0 Å². The Morgan fingerprint density at radius 2 is 1.74 bits per heavy atom. The molecular formula is C24H17ClFN5O3. The van der Waals surface area contributed by atoms with Gasteiger partial charge in [0.25, 0.3) is 5.56 Å². The minimum Gasteiger partial charge on any atom is -0.495 e. The summed E-state index contributed by atoms with van der Waals surface area (Å²) in [6.45, 7) is 0. The van der Waals surface area contributed by atoms with Gasteiger partial charge in [0.15, 0.2) is 11.6 Å². The first-order chi connectivity index (χ1) is 16.5. The van der Waals surface area contributed by atoms with Gasteiger partial charge in [0, 0.05) is 17.0 Å². The summed E-state index contributed by atoms with van der Waals surface area (Å²) in [5, 5.41) is 12.9. The number of rotatable bonds is 5. The van der Waals surface area contributed by atoms with Crippen LogP contribution >= 0.6 is 11.6 Å². The van der Waals surface area contributed by atoms with Crippen LogP contribution in [0.1, 0.15) is 0 Å². The molecule has 0 unspecified atom stereocenters. The zero-order chi connectivity index (χ0) is 23.8. The molecule has 170 valence electrons. The maximum atomic E-state index is 13.9. The summed E-state index contributed by atoms with van der Waals surface area (Å²) in [6, 6.07) is 16.3. The van der Waals surface area contributed by atoms with E-state index in [4.69, 9.17) is 26.1 Å². The number of ether oxygens (including phenoxy) is 2. The van der Waals surface area contributed by atoms with Gasteiger partial charge in [0.05, 0.1) is 24.6 Å². The highest BCUT2D eigenvalue weighted by Crippen LogP contribution is 2.34. The van der Waals surface area contributed by atoms with Gasteiger partial charge in [-0.05, 0) is 36.4 Å². The van der Waals surface area contributed by atoms with E-state index >= 15 is 0 Å². The van der Waals surface area contributed by atoms with E-state index in [0.717, 1.165) is 0 Å². The molecule has 10 heteroatoms. The van der Waals surface area contributed by atoms with Crippen LogP contribution in [0.25, 0.3) is 39.4 Å². The molecule has 3 aromatic carbocycles. The molecule has 8 nitrogen and oxygen atoms in total. The molecule has 2 heterocycles. The molecule has 0 aliphatic heterocycles. The highest BCUT2D eigenvalue weighted by Gasteiger charge is 2.22. The molecule has 0 aliphatic rings. The fourth-order valence-electron chi connectivity index (χ4n) is 3.67. The number of aromatic amines is 1. The zero-order valence-electron chi connectivity index (χ0n) is 18.0. The molecule has 0 bridgehead atoms. The van der Waals surface area contributed by atoms with E-state index in [2.05, 4.69) is 15.3 Å². The fourth-order valence-corrected chi connectivity index (χ4v) is 3.93. The van der Waals surface area contributed by atoms with Gasteiger partial charge in [-0.15, -0.1) is 5.10 Å². The highest BCUT2D eigenvalue weighted by atomic mass is 35.5. The molecule has 5 aromatic rings. The Hall–Kier alpha value is -4.24. The number of aromatic nitrogens is 5. The first kappa shape index (κ1) is 21.6. The summed E-state index contributed by atoms with van der Waals surface area (Å²) in [6.07, 6.45) is 0. The Morgan fingerprint density at radius 3 is 2.47 bits per heavy atom. The van der Waals surface area contributed by atoms with Gasteiger partial charge in [0.2, 0.25) is 0 Å². The van der Waals surface area contributed by atoms with E-state index in [0.29, 0.717) is 50.1 Å². The summed E-state index contributed by atoms with van der Waals surface area (Å²) < 4.78 is 26.0. The van der Waals surface area contributed by atoms with Crippen LogP contribution in [0.15, 0.2) is 65.5 Å². The lowest BCUT2D eigenvalue weighted by Gasteiger charge is -2.11. The molecule has 1 N–H and O–H groups in total.